The van der Waals surface area contributed by atoms with E-state index in [1.165, 1.54) is 0 Å². The normalized spacial score (nSPS) is 15.9. The van der Waals surface area contributed by atoms with Gasteiger partial charge in [0, 0.05) is 55.3 Å². The number of nitrogens with one attached hydrogen (secondary N) is 1. The maximum Gasteiger partial charge on any atom is 0.244 e. The zero-order chi connectivity index (χ0) is 21.8. The van der Waals surface area contributed by atoms with Gasteiger partial charge in [0.05, 0.1) is 0 Å². The molecule has 1 N–H and O–H groups in total. The lowest BCUT2D eigenvalue weighted by molar-refractivity contribution is -0.129. The van der Waals surface area contributed by atoms with Crippen LogP contribution in [-0.4, -0.2) is 61.7 Å². The summed E-state index contributed by atoms with van der Waals surface area (Å²) >= 11 is 0. The molecule has 31 heavy (non-hydrogen) atoms. The fourth-order valence-corrected chi connectivity index (χ4v) is 4.00. The van der Waals surface area contributed by atoms with E-state index in [-0.39, 0.29) is 19.2 Å². The molecule has 0 atom stereocenters. The van der Waals surface area contributed by atoms with Gasteiger partial charge in [-0.05, 0) is 37.6 Å². The van der Waals surface area contributed by atoms with Crippen LogP contribution >= 0.6 is 0 Å². The molecular formula is C24H28N4O3. The molecule has 0 bridgehead atoms. The third-order valence-electron chi connectivity index (χ3n) is 5.57. The quantitative estimate of drug-likeness (QED) is 0.724. The Balaban J connectivity index is 1.42. The third kappa shape index (κ3) is 4.87. The number of amides is 1. The van der Waals surface area contributed by atoms with Crippen molar-refractivity contribution in [3.63, 3.8) is 0 Å². The molecule has 2 aliphatic heterocycles. The molecular weight excluding hydrogens is 392 g/mol. The summed E-state index contributed by atoms with van der Waals surface area (Å²) in [4.78, 5) is 21.1. The number of piperazine rings is 1. The van der Waals surface area contributed by atoms with Gasteiger partial charge in [-0.15, -0.1) is 0 Å². The van der Waals surface area contributed by atoms with Gasteiger partial charge in [0.25, 0.3) is 0 Å². The summed E-state index contributed by atoms with van der Waals surface area (Å²) < 4.78 is 11.0. The Morgan fingerprint density at radius 3 is 2.55 bits per heavy atom. The molecule has 2 aliphatic rings. The van der Waals surface area contributed by atoms with Gasteiger partial charge in [0.15, 0.2) is 11.5 Å². The number of carbonyl (C=O) groups excluding carboxylic acids is 1. The Labute approximate surface area is 182 Å². The number of ether oxygens (including phenoxy) is 2. The molecule has 0 saturated carbocycles. The predicted octanol–water partition coefficient (Wildman–Crippen LogP) is 3.62. The fraction of sp³-hybridized carbons (Fsp3) is 0.375. The molecule has 0 unspecified atom stereocenters. The summed E-state index contributed by atoms with van der Waals surface area (Å²) in [5, 5.41) is 7.53. The van der Waals surface area contributed by atoms with Crippen LogP contribution < -0.4 is 14.4 Å². The lowest BCUT2D eigenvalue weighted by atomic mass is 10.0. The van der Waals surface area contributed by atoms with Gasteiger partial charge in [-0.3, -0.25) is 9.79 Å². The first-order valence-electron chi connectivity index (χ1n) is 10.6. The number of fused-ring (bicyclic) bond motifs is 1. The number of nitrogens with zero attached hydrogens (tertiary/aromatic N) is 3. The second-order valence-electron chi connectivity index (χ2n) is 7.96. The first kappa shape index (κ1) is 20.9. The maximum absolute atomic E-state index is 12.5. The van der Waals surface area contributed by atoms with Crippen LogP contribution in [0, 0.1) is 5.41 Å². The van der Waals surface area contributed by atoms with Gasteiger partial charge in [-0.25, -0.2) is 0 Å². The molecule has 1 fully saturated rings. The second kappa shape index (κ2) is 9.20. The first-order valence-corrected chi connectivity index (χ1v) is 10.6. The summed E-state index contributed by atoms with van der Waals surface area (Å²) in [5.74, 6) is 1.60. The van der Waals surface area contributed by atoms with E-state index in [0.29, 0.717) is 25.2 Å². The number of rotatable bonds is 6. The molecule has 2 heterocycles. The van der Waals surface area contributed by atoms with Gasteiger partial charge >= 0.3 is 0 Å². The Bertz CT molecular complexity index is 1010. The van der Waals surface area contributed by atoms with Crippen molar-refractivity contribution in [3.05, 3.63) is 42.5 Å². The summed E-state index contributed by atoms with van der Waals surface area (Å²) in [6, 6.07) is 14.4. The van der Waals surface area contributed by atoms with Crippen molar-refractivity contribution in [2.24, 2.45) is 4.99 Å². The summed E-state index contributed by atoms with van der Waals surface area (Å²) in [6.07, 6.45) is 0.525. The molecule has 2 aromatic rings. The number of para-hydroxylation sites is 1. The average Bonchev–Trinajstić information content (AvgIpc) is 3.25. The number of hydrogen-bond donors (Lipinski definition) is 1. The van der Waals surface area contributed by atoms with E-state index >= 15 is 0 Å². The van der Waals surface area contributed by atoms with E-state index < -0.39 is 0 Å². The average molecular weight is 421 g/mol. The monoisotopic (exact) mass is 420 g/mol. The maximum atomic E-state index is 12.5. The third-order valence-corrected chi connectivity index (χ3v) is 5.57. The second-order valence-corrected chi connectivity index (χ2v) is 7.96. The van der Waals surface area contributed by atoms with E-state index in [1.807, 2.05) is 36.1 Å². The smallest absolute Gasteiger partial charge is 0.244 e. The van der Waals surface area contributed by atoms with Crippen LogP contribution in [0.4, 0.5) is 5.69 Å². The van der Waals surface area contributed by atoms with Gasteiger partial charge in [-0.1, -0.05) is 24.3 Å². The fourth-order valence-electron chi connectivity index (χ4n) is 4.00. The van der Waals surface area contributed by atoms with Crippen LogP contribution in [0.5, 0.6) is 11.5 Å². The van der Waals surface area contributed by atoms with Crippen molar-refractivity contribution in [1.29, 1.82) is 5.41 Å². The van der Waals surface area contributed by atoms with Crippen molar-refractivity contribution < 1.29 is 14.3 Å². The van der Waals surface area contributed by atoms with E-state index in [2.05, 4.69) is 28.1 Å². The molecule has 1 saturated heterocycles. The molecule has 2 aromatic carbocycles. The van der Waals surface area contributed by atoms with Crippen LogP contribution in [0.1, 0.15) is 20.3 Å². The standard InChI is InChI=1S/C24H28N4O3/c1-17(25)13-18(2)26-15-24(29)28-11-9-27(10-12-28)21-6-4-3-5-20(21)19-7-8-22-23(14-19)31-16-30-22/h3-8,14,25H,9-13,15-16H2,1-2H3. The van der Waals surface area contributed by atoms with E-state index in [9.17, 15) is 4.79 Å². The Hall–Kier alpha value is -3.35. The first-order chi connectivity index (χ1) is 15.0. The van der Waals surface area contributed by atoms with Crippen molar-refractivity contribution in [2.45, 2.75) is 20.3 Å². The molecule has 7 nitrogen and oxygen atoms in total. The van der Waals surface area contributed by atoms with E-state index in [4.69, 9.17) is 14.9 Å². The summed E-state index contributed by atoms with van der Waals surface area (Å²) in [6.45, 7) is 6.94. The summed E-state index contributed by atoms with van der Waals surface area (Å²) in [7, 11) is 0. The largest absolute Gasteiger partial charge is 0.454 e. The van der Waals surface area contributed by atoms with Crippen LogP contribution in [0.25, 0.3) is 11.1 Å². The molecule has 7 heteroatoms. The molecule has 4 rings (SSSR count). The minimum absolute atomic E-state index is 0.0469. The van der Waals surface area contributed by atoms with Crippen LogP contribution in [0.2, 0.25) is 0 Å². The Morgan fingerprint density at radius 2 is 1.77 bits per heavy atom. The lowest BCUT2D eigenvalue weighted by Crippen LogP contribution is -2.49. The van der Waals surface area contributed by atoms with Gasteiger partial charge in [0.1, 0.15) is 6.54 Å². The van der Waals surface area contributed by atoms with Crippen molar-refractivity contribution in [2.75, 3.05) is 44.4 Å². The number of aliphatic imine (C=N–C) groups is 1. The number of anilines is 1. The number of benzene rings is 2. The van der Waals surface area contributed by atoms with Crippen molar-refractivity contribution >= 4 is 23.0 Å². The highest BCUT2D eigenvalue weighted by Gasteiger charge is 2.23. The Kier molecular flexibility index (Phi) is 6.21. The topological polar surface area (TPSA) is 78.2 Å². The van der Waals surface area contributed by atoms with E-state index in [1.54, 1.807) is 6.92 Å². The Morgan fingerprint density at radius 1 is 1.03 bits per heavy atom. The van der Waals surface area contributed by atoms with Gasteiger partial charge < -0.3 is 24.7 Å². The van der Waals surface area contributed by atoms with E-state index in [0.717, 1.165) is 47.1 Å². The highest BCUT2D eigenvalue weighted by molar-refractivity contribution is 6.01. The molecule has 1 amide bonds. The zero-order valence-corrected chi connectivity index (χ0v) is 18.1. The van der Waals surface area contributed by atoms with Gasteiger partial charge in [-0.2, -0.15) is 0 Å². The van der Waals surface area contributed by atoms with Crippen molar-refractivity contribution in [3.8, 4) is 22.6 Å². The molecule has 162 valence electrons. The highest BCUT2D eigenvalue weighted by atomic mass is 16.7. The van der Waals surface area contributed by atoms with Crippen LogP contribution in [0.15, 0.2) is 47.5 Å². The lowest BCUT2D eigenvalue weighted by Gasteiger charge is -2.37. The SMILES string of the molecule is CC(=N)CC(C)=NCC(=O)N1CCN(c2ccccc2-c2ccc3c(c2)OCO3)CC1. The molecule has 0 aliphatic carbocycles. The molecule has 0 aromatic heterocycles. The van der Waals surface area contributed by atoms with Crippen LogP contribution in [-0.2, 0) is 4.79 Å². The van der Waals surface area contributed by atoms with Gasteiger partial charge in [0.2, 0.25) is 12.7 Å². The minimum atomic E-state index is 0.0469. The number of carbonyl (C=O) groups is 1. The predicted molar refractivity (Wildman–Crippen MR) is 123 cm³/mol. The van der Waals surface area contributed by atoms with Crippen LogP contribution in [0.3, 0.4) is 0 Å². The zero-order valence-electron chi connectivity index (χ0n) is 18.1. The highest BCUT2D eigenvalue weighted by Crippen LogP contribution is 2.39. The van der Waals surface area contributed by atoms with Crippen molar-refractivity contribution in [1.82, 2.24) is 4.90 Å². The molecule has 0 spiro atoms. The minimum Gasteiger partial charge on any atom is -0.454 e. The number of hydrogen-bond acceptors (Lipinski definition) is 6. The summed E-state index contributed by atoms with van der Waals surface area (Å²) in [5.41, 5.74) is 4.77. The molecule has 0 radical (unpaired) electrons.